The molecular formula is C14H19F2N3O. The monoisotopic (exact) mass is 283 g/mol. The number of nitrogens with zero attached hydrogens (tertiary/aromatic N) is 1. The first-order valence-corrected chi connectivity index (χ1v) is 6.73. The summed E-state index contributed by atoms with van der Waals surface area (Å²) in [6, 6.07) is 3.34. The molecule has 0 spiro atoms. The highest BCUT2D eigenvalue weighted by atomic mass is 19.1. The van der Waals surface area contributed by atoms with Gasteiger partial charge < -0.3 is 10.6 Å². The molecule has 1 atom stereocenters. The van der Waals surface area contributed by atoms with Crippen molar-refractivity contribution in [1.82, 2.24) is 10.2 Å². The van der Waals surface area contributed by atoms with Crippen LogP contribution in [0.1, 0.15) is 12.8 Å². The van der Waals surface area contributed by atoms with Crippen LogP contribution in [0.5, 0.6) is 0 Å². The number of anilines is 1. The van der Waals surface area contributed by atoms with Gasteiger partial charge in [-0.05, 0) is 38.6 Å². The molecule has 110 valence electrons. The first-order valence-electron chi connectivity index (χ1n) is 6.73. The molecule has 1 unspecified atom stereocenters. The molecule has 20 heavy (non-hydrogen) atoms. The van der Waals surface area contributed by atoms with Gasteiger partial charge in [0.1, 0.15) is 11.6 Å². The normalized spacial score (nSPS) is 19.2. The van der Waals surface area contributed by atoms with E-state index in [0.29, 0.717) is 6.04 Å². The van der Waals surface area contributed by atoms with Crippen LogP contribution >= 0.6 is 0 Å². The number of hydrogen-bond donors (Lipinski definition) is 2. The summed E-state index contributed by atoms with van der Waals surface area (Å²) in [4.78, 5) is 14.0. The first kappa shape index (κ1) is 14.9. The summed E-state index contributed by atoms with van der Waals surface area (Å²) in [5, 5.41) is 5.52. The maximum Gasteiger partial charge on any atom is 0.238 e. The largest absolute Gasteiger partial charge is 0.322 e. The van der Waals surface area contributed by atoms with Crippen molar-refractivity contribution < 1.29 is 13.6 Å². The highest BCUT2D eigenvalue weighted by Gasteiger charge is 2.25. The van der Waals surface area contributed by atoms with Crippen LogP contribution in [0, 0.1) is 11.6 Å². The zero-order valence-corrected chi connectivity index (χ0v) is 11.5. The molecule has 6 heteroatoms. The lowest BCUT2D eigenvalue weighted by Crippen LogP contribution is -2.41. The van der Waals surface area contributed by atoms with Crippen molar-refractivity contribution in [2.24, 2.45) is 0 Å². The number of likely N-dealkylation sites (tertiary alicyclic amines) is 1. The Kier molecular flexibility index (Phi) is 5.03. The third kappa shape index (κ3) is 3.74. The number of hydrogen-bond acceptors (Lipinski definition) is 3. The van der Waals surface area contributed by atoms with Crippen LogP contribution < -0.4 is 10.6 Å². The van der Waals surface area contributed by atoms with Gasteiger partial charge in [-0.1, -0.05) is 0 Å². The Morgan fingerprint density at radius 2 is 2.25 bits per heavy atom. The van der Waals surface area contributed by atoms with Crippen molar-refractivity contribution in [2.45, 2.75) is 18.9 Å². The molecule has 1 fully saturated rings. The van der Waals surface area contributed by atoms with Crippen molar-refractivity contribution >= 4 is 11.6 Å². The molecule has 0 aliphatic carbocycles. The Bertz CT molecular complexity index is 481. The Morgan fingerprint density at radius 3 is 3.00 bits per heavy atom. The lowest BCUT2D eigenvalue weighted by Gasteiger charge is -2.23. The van der Waals surface area contributed by atoms with Gasteiger partial charge in [0.15, 0.2) is 0 Å². The van der Waals surface area contributed by atoms with E-state index in [2.05, 4.69) is 15.5 Å². The summed E-state index contributed by atoms with van der Waals surface area (Å²) < 4.78 is 26.5. The minimum atomic E-state index is -0.632. The van der Waals surface area contributed by atoms with E-state index in [-0.39, 0.29) is 18.1 Å². The van der Waals surface area contributed by atoms with E-state index >= 15 is 0 Å². The Hall–Kier alpha value is -1.53. The van der Waals surface area contributed by atoms with E-state index in [1.807, 2.05) is 7.05 Å². The summed E-state index contributed by atoms with van der Waals surface area (Å²) >= 11 is 0. The molecule has 1 heterocycles. The van der Waals surface area contributed by atoms with E-state index < -0.39 is 11.6 Å². The van der Waals surface area contributed by atoms with Gasteiger partial charge in [-0.25, -0.2) is 8.78 Å². The maximum absolute atomic E-state index is 13.4. The van der Waals surface area contributed by atoms with Gasteiger partial charge >= 0.3 is 0 Å². The van der Waals surface area contributed by atoms with Crippen molar-refractivity contribution in [1.29, 1.82) is 0 Å². The van der Waals surface area contributed by atoms with Gasteiger partial charge in [-0.15, -0.1) is 0 Å². The number of likely N-dealkylation sites (N-methyl/N-ethyl adjacent to an activating group) is 1. The van der Waals surface area contributed by atoms with E-state index in [0.717, 1.165) is 44.1 Å². The van der Waals surface area contributed by atoms with Gasteiger partial charge in [0.25, 0.3) is 0 Å². The minimum absolute atomic E-state index is 0.112. The molecule has 1 aromatic rings. The van der Waals surface area contributed by atoms with Crippen LogP contribution in [0.3, 0.4) is 0 Å². The second kappa shape index (κ2) is 6.76. The standard InChI is InChI=1S/C14H19F2N3O/c1-17-8-11-3-2-6-19(11)9-14(20)18-13-7-10(15)4-5-12(13)16/h4-5,7,11,17H,2-3,6,8-9H2,1H3,(H,18,20). The smallest absolute Gasteiger partial charge is 0.238 e. The Labute approximate surface area is 117 Å². The summed E-state index contributed by atoms with van der Waals surface area (Å²) in [6.07, 6.45) is 2.09. The topological polar surface area (TPSA) is 44.4 Å². The molecule has 1 amide bonds. The molecule has 4 nitrogen and oxygen atoms in total. The van der Waals surface area contributed by atoms with Crippen LogP contribution in [0.15, 0.2) is 18.2 Å². The van der Waals surface area contributed by atoms with E-state index in [9.17, 15) is 13.6 Å². The van der Waals surface area contributed by atoms with Gasteiger partial charge in [0, 0.05) is 18.7 Å². The fourth-order valence-electron chi connectivity index (χ4n) is 2.54. The van der Waals surface area contributed by atoms with E-state index in [4.69, 9.17) is 0 Å². The van der Waals surface area contributed by atoms with Crippen LogP contribution in [0.25, 0.3) is 0 Å². The molecule has 1 aromatic carbocycles. The first-order chi connectivity index (χ1) is 9.60. The predicted octanol–water partition coefficient (Wildman–Crippen LogP) is 1.59. The van der Waals surface area contributed by atoms with Crippen molar-refractivity contribution in [2.75, 3.05) is 32.0 Å². The van der Waals surface area contributed by atoms with Crippen LogP contribution in [-0.4, -0.2) is 43.5 Å². The number of halogens is 2. The summed E-state index contributed by atoms with van der Waals surface area (Å²) in [5.74, 6) is -1.53. The third-order valence-corrected chi connectivity index (χ3v) is 3.49. The fourth-order valence-corrected chi connectivity index (χ4v) is 2.54. The molecule has 1 saturated heterocycles. The van der Waals surface area contributed by atoms with E-state index in [1.165, 1.54) is 0 Å². The van der Waals surface area contributed by atoms with Gasteiger partial charge in [0.2, 0.25) is 5.91 Å². The van der Waals surface area contributed by atoms with Crippen LogP contribution in [0.2, 0.25) is 0 Å². The summed E-state index contributed by atoms with van der Waals surface area (Å²) in [6.45, 7) is 1.87. The highest BCUT2D eigenvalue weighted by molar-refractivity contribution is 5.92. The molecule has 2 rings (SSSR count). The van der Waals surface area contributed by atoms with Crippen molar-refractivity contribution in [3.63, 3.8) is 0 Å². The average Bonchev–Trinajstić information content (AvgIpc) is 2.82. The number of benzene rings is 1. The number of carbonyl (C=O) groups is 1. The maximum atomic E-state index is 13.4. The number of carbonyl (C=O) groups excluding carboxylic acids is 1. The molecule has 0 radical (unpaired) electrons. The molecule has 0 bridgehead atoms. The molecule has 1 aliphatic rings. The zero-order chi connectivity index (χ0) is 14.5. The molecule has 2 N–H and O–H groups in total. The van der Waals surface area contributed by atoms with Gasteiger partial charge in [-0.2, -0.15) is 0 Å². The van der Waals surface area contributed by atoms with Crippen molar-refractivity contribution in [3.8, 4) is 0 Å². The zero-order valence-electron chi connectivity index (χ0n) is 11.5. The summed E-state index contributed by atoms with van der Waals surface area (Å²) in [7, 11) is 1.87. The minimum Gasteiger partial charge on any atom is -0.322 e. The Balaban J connectivity index is 1.93. The average molecular weight is 283 g/mol. The third-order valence-electron chi connectivity index (χ3n) is 3.49. The molecular weight excluding hydrogens is 264 g/mol. The lowest BCUT2D eigenvalue weighted by molar-refractivity contribution is -0.117. The van der Waals surface area contributed by atoms with Crippen LogP contribution in [0.4, 0.5) is 14.5 Å². The quantitative estimate of drug-likeness (QED) is 0.862. The van der Waals surface area contributed by atoms with Gasteiger partial charge in [-0.3, -0.25) is 9.69 Å². The van der Waals surface area contributed by atoms with E-state index in [1.54, 1.807) is 0 Å². The number of rotatable bonds is 5. The van der Waals surface area contributed by atoms with Gasteiger partial charge in [0.05, 0.1) is 12.2 Å². The second-order valence-corrected chi connectivity index (χ2v) is 5.00. The SMILES string of the molecule is CNCC1CCCN1CC(=O)Nc1cc(F)ccc1F. The highest BCUT2D eigenvalue weighted by Crippen LogP contribution is 2.18. The Morgan fingerprint density at radius 1 is 1.45 bits per heavy atom. The fraction of sp³-hybridized carbons (Fsp3) is 0.500. The predicted molar refractivity (Wildman–Crippen MR) is 73.5 cm³/mol. The molecule has 0 aromatic heterocycles. The number of amides is 1. The number of nitrogens with one attached hydrogen (secondary N) is 2. The van der Waals surface area contributed by atoms with Crippen molar-refractivity contribution in [3.05, 3.63) is 29.8 Å². The van der Waals surface area contributed by atoms with Crippen LogP contribution in [-0.2, 0) is 4.79 Å². The molecule has 1 aliphatic heterocycles. The second-order valence-electron chi connectivity index (χ2n) is 5.00. The summed E-state index contributed by atoms with van der Waals surface area (Å²) in [5.41, 5.74) is -0.112. The lowest BCUT2D eigenvalue weighted by atomic mass is 10.2. The molecule has 0 saturated carbocycles.